The molecule has 0 aromatic heterocycles. The molecule has 1 N–H and O–H groups in total. The third-order valence-corrected chi connectivity index (χ3v) is 5.10. The van der Waals surface area contributed by atoms with Crippen LogP contribution < -0.4 is 10.1 Å². The van der Waals surface area contributed by atoms with Gasteiger partial charge in [-0.25, -0.2) is 0 Å². The summed E-state index contributed by atoms with van der Waals surface area (Å²) in [7, 11) is 0. The molecule has 1 heterocycles. The van der Waals surface area contributed by atoms with Crippen molar-refractivity contribution in [1.29, 1.82) is 0 Å². The molecular weight excluding hydrogens is 359 g/mol. The lowest BCUT2D eigenvalue weighted by atomic mass is 9.80. The Kier molecular flexibility index (Phi) is 9.80. The quantitative estimate of drug-likeness (QED) is 0.625. The number of halogens is 2. The topological polar surface area (TPSA) is 41.6 Å². The van der Waals surface area contributed by atoms with Gasteiger partial charge >= 0.3 is 5.97 Å². The van der Waals surface area contributed by atoms with E-state index in [9.17, 15) is 4.79 Å². The van der Waals surface area contributed by atoms with E-state index in [1.807, 2.05) is 12.1 Å². The average Bonchev–Trinajstić information content (AvgIpc) is 2.57. The van der Waals surface area contributed by atoms with E-state index >= 15 is 0 Å². The van der Waals surface area contributed by atoms with Gasteiger partial charge in [0.15, 0.2) is 0 Å². The first-order valence-corrected chi connectivity index (χ1v) is 8.97. The zero-order chi connectivity index (χ0) is 16.1. The molecule has 4 nitrogen and oxygen atoms in total. The lowest BCUT2D eigenvalue weighted by molar-refractivity contribution is -0.131. The molecule has 1 aromatic carbocycles. The summed E-state index contributed by atoms with van der Waals surface area (Å²) >= 11 is 0. The van der Waals surface area contributed by atoms with E-state index in [1.54, 1.807) is 0 Å². The highest BCUT2D eigenvalue weighted by atomic mass is 35.5. The maximum absolute atomic E-state index is 11.3. The Balaban J connectivity index is 0.00000156. The number of rotatable bonds is 4. The van der Waals surface area contributed by atoms with Crippen LogP contribution in [0.25, 0.3) is 0 Å². The Morgan fingerprint density at radius 2 is 1.84 bits per heavy atom. The summed E-state index contributed by atoms with van der Waals surface area (Å²) in [4.78, 5) is 13.9. The molecule has 6 heteroatoms. The standard InChI is InChI=1S/C19H28N2O2.2ClH/c1-15(22)23-18-9-5-8-17(14-18)19(16-6-3-2-4-7-16)21-12-10-20-11-13-21;;/h5,8-9,14,16,19-20H,2-4,6-7,10-13H2,1H3;2*1H/t19-;;/m1../s1. The van der Waals surface area contributed by atoms with E-state index in [4.69, 9.17) is 4.74 Å². The van der Waals surface area contributed by atoms with Gasteiger partial charge in [-0.15, -0.1) is 24.8 Å². The summed E-state index contributed by atoms with van der Waals surface area (Å²) in [6.07, 6.45) is 6.69. The van der Waals surface area contributed by atoms with Crippen LogP contribution in [0.4, 0.5) is 0 Å². The van der Waals surface area contributed by atoms with E-state index in [1.165, 1.54) is 44.6 Å². The van der Waals surface area contributed by atoms with Gasteiger partial charge in [-0.3, -0.25) is 9.69 Å². The minimum Gasteiger partial charge on any atom is -0.427 e. The molecular formula is C19H30Cl2N2O2. The fourth-order valence-electron chi connectivity index (χ4n) is 4.12. The third kappa shape index (κ3) is 6.14. The molecule has 0 spiro atoms. The van der Waals surface area contributed by atoms with Gasteiger partial charge in [0, 0.05) is 39.1 Å². The lowest BCUT2D eigenvalue weighted by Gasteiger charge is -2.41. The molecule has 1 aliphatic carbocycles. The molecule has 0 unspecified atom stereocenters. The lowest BCUT2D eigenvalue weighted by Crippen LogP contribution is -2.47. The van der Waals surface area contributed by atoms with Crippen molar-refractivity contribution in [2.24, 2.45) is 5.92 Å². The predicted molar refractivity (Wildman–Crippen MR) is 106 cm³/mol. The van der Waals surface area contributed by atoms with Crippen molar-refractivity contribution in [2.45, 2.75) is 45.1 Å². The van der Waals surface area contributed by atoms with Crippen LogP contribution in [-0.4, -0.2) is 37.0 Å². The van der Waals surface area contributed by atoms with Gasteiger partial charge in [-0.2, -0.15) is 0 Å². The number of piperazine rings is 1. The molecule has 1 saturated heterocycles. The zero-order valence-electron chi connectivity index (χ0n) is 14.9. The van der Waals surface area contributed by atoms with Crippen LogP contribution in [-0.2, 0) is 4.79 Å². The van der Waals surface area contributed by atoms with E-state index in [0.29, 0.717) is 11.8 Å². The highest BCUT2D eigenvalue weighted by Gasteiger charge is 2.31. The third-order valence-electron chi connectivity index (χ3n) is 5.10. The molecule has 25 heavy (non-hydrogen) atoms. The molecule has 0 bridgehead atoms. The number of ether oxygens (including phenoxy) is 1. The summed E-state index contributed by atoms with van der Waals surface area (Å²) in [5.74, 6) is 1.14. The largest absolute Gasteiger partial charge is 0.427 e. The van der Waals surface area contributed by atoms with Gasteiger partial charge < -0.3 is 10.1 Å². The van der Waals surface area contributed by atoms with Crippen molar-refractivity contribution < 1.29 is 9.53 Å². The molecule has 0 amide bonds. The van der Waals surface area contributed by atoms with Crippen molar-refractivity contribution in [1.82, 2.24) is 10.2 Å². The van der Waals surface area contributed by atoms with Gasteiger partial charge in [0.25, 0.3) is 0 Å². The molecule has 1 aromatic rings. The van der Waals surface area contributed by atoms with Gasteiger partial charge in [-0.05, 0) is 36.5 Å². The molecule has 1 aliphatic heterocycles. The Morgan fingerprint density at radius 3 is 2.48 bits per heavy atom. The summed E-state index contributed by atoms with van der Waals surface area (Å²) < 4.78 is 5.31. The van der Waals surface area contributed by atoms with Crippen molar-refractivity contribution >= 4 is 30.8 Å². The molecule has 2 aliphatic rings. The molecule has 1 atom stereocenters. The second-order valence-electron chi connectivity index (χ2n) is 6.80. The van der Waals surface area contributed by atoms with Crippen LogP contribution in [0.5, 0.6) is 5.75 Å². The Morgan fingerprint density at radius 1 is 1.16 bits per heavy atom. The maximum atomic E-state index is 11.3. The van der Waals surface area contributed by atoms with Gasteiger partial charge in [-0.1, -0.05) is 31.4 Å². The minimum atomic E-state index is -0.251. The maximum Gasteiger partial charge on any atom is 0.308 e. The highest BCUT2D eigenvalue weighted by Crippen LogP contribution is 2.39. The molecule has 142 valence electrons. The molecule has 3 rings (SSSR count). The number of hydrogen-bond donors (Lipinski definition) is 1. The first kappa shape index (κ1) is 22.2. The Bertz CT molecular complexity index is 512. The second-order valence-corrected chi connectivity index (χ2v) is 6.80. The Labute approximate surface area is 163 Å². The summed E-state index contributed by atoms with van der Waals surface area (Å²) in [5, 5.41) is 3.45. The van der Waals surface area contributed by atoms with Crippen LogP contribution in [0.3, 0.4) is 0 Å². The fourth-order valence-corrected chi connectivity index (χ4v) is 4.12. The van der Waals surface area contributed by atoms with E-state index in [-0.39, 0.29) is 30.8 Å². The smallest absolute Gasteiger partial charge is 0.308 e. The average molecular weight is 389 g/mol. The summed E-state index contributed by atoms with van der Waals surface area (Å²) in [6, 6.07) is 8.62. The fraction of sp³-hybridized carbons (Fsp3) is 0.632. The van der Waals surface area contributed by atoms with Gasteiger partial charge in [0.05, 0.1) is 0 Å². The number of esters is 1. The number of carbonyl (C=O) groups excluding carboxylic acids is 1. The van der Waals surface area contributed by atoms with Crippen molar-refractivity contribution in [3.8, 4) is 5.75 Å². The van der Waals surface area contributed by atoms with Crippen molar-refractivity contribution in [2.75, 3.05) is 26.2 Å². The van der Waals surface area contributed by atoms with Crippen LogP contribution in [0.1, 0.15) is 50.6 Å². The Hall–Kier alpha value is -0.810. The monoisotopic (exact) mass is 388 g/mol. The zero-order valence-corrected chi connectivity index (χ0v) is 16.5. The van der Waals surface area contributed by atoms with Crippen LogP contribution in [0.15, 0.2) is 24.3 Å². The van der Waals surface area contributed by atoms with Crippen LogP contribution in [0.2, 0.25) is 0 Å². The number of nitrogens with zero attached hydrogens (tertiary/aromatic N) is 1. The first-order chi connectivity index (χ1) is 11.2. The second kappa shape index (κ2) is 11.0. The molecule has 0 radical (unpaired) electrons. The summed E-state index contributed by atoms with van der Waals surface area (Å²) in [6.45, 7) is 5.78. The SMILES string of the molecule is CC(=O)Oc1cccc([C@@H](C2CCCCC2)N2CCNCC2)c1.Cl.Cl. The van der Waals surface area contributed by atoms with E-state index in [0.717, 1.165) is 32.1 Å². The normalized spacial score (nSPS) is 20.0. The number of nitrogens with one attached hydrogen (secondary N) is 1. The summed E-state index contributed by atoms with van der Waals surface area (Å²) in [5.41, 5.74) is 1.30. The van der Waals surface area contributed by atoms with Crippen molar-refractivity contribution in [3.63, 3.8) is 0 Å². The number of benzene rings is 1. The predicted octanol–water partition coefficient (Wildman–Crippen LogP) is 3.98. The molecule has 2 fully saturated rings. The minimum absolute atomic E-state index is 0. The highest BCUT2D eigenvalue weighted by molar-refractivity contribution is 5.85. The van der Waals surface area contributed by atoms with Crippen LogP contribution in [0, 0.1) is 5.92 Å². The first-order valence-electron chi connectivity index (χ1n) is 8.97. The van der Waals surface area contributed by atoms with Crippen LogP contribution >= 0.6 is 24.8 Å². The van der Waals surface area contributed by atoms with E-state index in [2.05, 4.69) is 22.3 Å². The number of hydrogen-bond acceptors (Lipinski definition) is 4. The van der Waals surface area contributed by atoms with Gasteiger partial charge in [0.1, 0.15) is 5.75 Å². The van der Waals surface area contributed by atoms with Crippen molar-refractivity contribution in [3.05, 3.63) is 29.8 Å². The van der Waals surface area contributed by atoms with E-state index < -0.39 is 0 Å². The van der Waals surface area contributed by atoms with Gasteiger partial charge in [0.2, 0.25) is 0 Å². The number of carbonyl (C=O) groups is 1. The molecule has 1 saturated carbocycles.